The highest BCUT2D eigenvalue weighted by molar-refractivity contribution is 7.25. The molecule has 55 heavy (non-hydrogen) atoms. The van der Waals surface area contributed by atoms with Crippen molar-refractivity contribution in [3.05, 3.63) is 167 Å². The minimum Gasteiger partial charge on any atom is -0.454 e. The molecule has 0 amide bonds. The summed E-state index contributed by atoms with van der Waals surface area (Å²) < 4.78 is 11.9. The van der Waals surface area contributed by atoms with Crippen LogP contribution < -0.4 is 10.6 Å². The molecule has 0 atom stereocenters. The molecule has 258 valence electrons. The van der Waals surface area contributed by atoms with Crippen LogP contribution in [0.15, 0.2) is 150 Å². The van der Waals surface area contributed by atoms with Crippen molar-refractivity contribution in [1.29, 1.82) is 0 Å². The fraction of sp³-hybridized carbons (Fsp3) is 0.0408. The molecule has 5 nitrogen and oxygen atoms in total. The van der Waals surface area contributed by atoms with Crippen LogP contribution >= 0.6 is 11.3 Å². The largest absolute Gasteiger partial charge is 0.454 e. The number of nitrogens with zero attached hydrogens (tertiary/aromatic N) is 4. The Labute approximate surface area is 319 Å². The molecule has 0 unspecified atom stereocenters. The molecule has 0 bridgehead atoms. The van der Waals surface area contributed by atoms with E-state index in [1.807, 2.05) is 78.1 Å². The molecular formula is C49H30N4OS. The standard InChI is InChI=1S/C49H30N4OS/c1-3-11-29(12-4-1)47-50-48(30-13-5-2-6-14-30)52-49(51-47)36-17-10-19-42-45(36)35-23-25-41(46(35)54-42)53-39-18-9-16-33(39)37-27-31(21-24-40(37)53)32-22-26-44-38(28-32)34-15-7-8-20-43(34)55-44/h1-15,17-24,26-28H,16,25H2. The van der Waals surface area contributed by atoms with Crippen molar-refractivity contribution in [2.75, 3.05) is 0 Å². The fourth-order valence-electron chi connectivity index (χ4n) is 8.61. The predicted molar refractivity (Wildman–Crippen MR) is 226 cm³/mol. The highest BCUT2D eigenvalue weighted by Gasteiger charge is 2.25. The molecule has 2 aliphatic rings. The van der Waals surface area contributed by atoms with Crippen molar-refractivity contribution in [3.8, 4) is 45.3 Å². The van der Waals surface area contributed by atoms with Crippen LogP contribution in [-0.2, 0) is 6.42 Å². The van der Waals surface area contributed by atoms with Crippen LogP contribution in [-0.4, -0.2) is 19.5 Å². The normalized spacial score (nSPS) is 13.3. The summed E-state index contributed by atoms with van der Waals surface area (Å²) in [6.45, 7) is 0. The van der Waals surface area contributed by atoms with Gasteiger partial charge < -0.3 is 8.98 Å². The van der Waals surface area contributed by atoms with Crippen molar-refractivity contribution in [2.24, 2.45) is 0 Å². The minimum absolute atomic E-state index is 0.625. The molecule has 0 radical (unpaired) electrons. The van der Waals surface area contributed by atoms with E-state index in [1.165, 1.54) is 53.5 Å². The van der Waals surface area contributed by atoms with Gasteiger partial charge in [0.25, 0.3) is 0 Å². The van der Waals surface area contributed by atoms with Gasteiger partial charge in [0.2, 0.25) is 0 Å². The van der Waals surface area contributed by atoms with Crippen LogP contribution in [0.3, 0.4) is 0 Å². The zero-order valence-electron chi connectivity index (χ0n) is 29.5. The summed E-state index contributed by atoms with van der Waals surface area (Å²) in [5.41, 5.74) is 12.0. The van der Waals surface area contributed by atoms with E-state index in [0.29, 0.717) is 17.5 Å². The lowest BCUT2D eigenvalue weighted by Crippen LogP contribution is -2.21. The number of rotatable bonds is 5. The maximum absolute atomic E-state index is 6.83. The second-order valence-corrected chi connectivity index (χ2v) is 15.3. The molecular weight excluding hydrogens is 693 g/mol. The Kier molecular flexibility index (Phi) is 6.56. The second kappa shape index (κ2) is 11.8. The van der Waals surface area contributed by atoms with Crippen molar-refractivity contribution in [3.63, 3.8) is 0 Å². The molecule has 6 heteroatoms. The van der Waals surface area contributed by atoms with Gasteiger partial charge in [-0.15, -0.1) is 11.3 Å². The Morgan fingerprint density at radius 2 is 1.25 bits per heavy atom. The topological polar surface area (TPSA) is 56.7 Å². The first-order valence-electron chi connectivity index (χ1n) is 18.6. The monoisotopic (exact) mass is 722 g/mol. The Bertz CT molecular complexity index is 3310. The molecule has 0 N–H and O–H groups in total. The second-order valence-electron chi connectivity index (χ2n) is 14.3. The molecule has 0 spiro atoms. The van der Waals surface area contributed by atoms with Gasteiger partial charge in [-0.2, -0.15) is 0 Å². The number of thiophene rings is 1. The highest BCUT2D eigenvalue weighted by Crippen LogP contribution is 2.40. The van der Waals surface area contributed by atoms with E-state index >= 15 is 0 Å². The van der Waals surface area contributed by atoms with Gasteiger partial charge in [-0.3, -0.25) is 0 Å². The van der Waals surface area contributed by atoms with Crippen molar-refractivity contribution in [1.82, 2.24) is 19.5 Å². The Hall–Kier alpha value is -6.89. The molecule has 12 rings (SSSR count). The quantitative estimate of drug-likeness (QED) is 0.177. The number of allylic oxidation sites excluding steroid dienone is 1. The number of fused-ring (bicyclic) bond motifs is 9. The maximum atomic E-state index is 6.83. The smallest absolute Gasteiger partial charge is 0.164 e. The summed E-state index contributed by atoms with van der Waals surface area (Å²) in [6, 6.07) is 49.0. The third-order valence-corrected chi connectivity index (χ3v) is 12.3. The molecule has 0 saturated carbocycles. The van der Waals surface area contributed by atoms with Gasteiger partial charge in [0.05, 0.1) is 11.2 Å². The van der Waals surface area contributed by atoms with E-state index in [9.17, 15) is 0 Å². The van der Waals surface area contributed by atoms with E-state index in [2.05, 4.69) is 95.6 Å². The summed E-state index contributed by atoms with van der Waals surface area (Å²) in [5.74, 6) is 1.91. The minimum atomic E-state index is 0.625. The SMILES string of the molecule is C1=Cc2c(c3cc(-c4ccc5sc6ccccc6c5c4)ccc3n2C2=c3oc4cccc(-c5nc(-c6ccccc6)nc(-c6ccccc6)n5)c4c3=CC2)C1. The summed E-state index contributed by atoms with van der Waals surface area (Å²) in [6.07, 6.45) is 8.54. The van der Waals surface area contributed by atoms with Gasteiger partial charge in [-0.25, -0.2) is 15.0 Å². The van der Waals surface area contributed by atoms with E-state index in [0.717, 1.165) is 56.8 Å². The predicted octanol–water partition coefficient (Wildman–Crippen LogP) is 11.0. The van der Waals surface area contributed by atoms with Gasteiger partial charge in [0.15, 0.2) is 22.9 Å². The molecule has 6 aromatic carbocycles. The summed E-state index contributed by atoms with van der Waals surface area (Å²) in [7, 11) is 0. The van der Waals surface area contributed by atoms with Crippen molar-refractivity contribution < 1.29 is 4.42 Å². The van der Waals surface area contributed by atoms with Crippen LogP contribution in [0, 0.1) is 0 Å². The van der Waals surface area contributed by atoms with Crippen LogP contribution in [0.1, 0.15) is 17.7 Å². The number of hydrogen-bond donors (Lipinski definition) is 0. The number of hydrogen-bond acceptors (Lipinski definition) is 5. The summed E-state index contributed by atoms with van der Waals surface area (Å²) in [4.78, 5) is 15.1. The molecule has 2 aliphatic carbocycles. The first-order chi connectivity index (χ1) is 27.2. The van der Waals surface area contributed by atoms with Crippen LogP contribution in [0.25, 0.3) is 105 Å². The van der Waals surface area contributed by atoms with Gasteiger partial charge >= 0.3 is 0 Å². The molecule has 4 aromatic heterocycles. The molecule has 0 saturated heterocycles. The lowest BCUT2D eigenvalue weighted by molar-refractivity contribution is 0.569. The molecule has 10 aromatic rings. The van der Waals surface area contributed by atoms with E-state index in [-0.39, 0.29) is 0 Å². The van der Waals surface area contributed by atoms with Gasteiger partial charge in [-0.1, -0.05) is 115 Å². The number of furan rings is 1. The third-order valence-electron chi connectivity index (χ3n) is 11.1. The highest BCUT2D eigenvalue weighted by atomic mass is 32.1. The van der Waals surface area contributed by atoms with Crippen molar-refractivity contribution >= 4 is 71.2 Å². The fourth-order valence-corrected chi connectivity index (χ4v) is 9.70. The third kappa shape index (κ3) is 4.68. The van der Waals surface area contributed by atoms with Gasteiger partial charge in [0.1, 0.15) is 5.58 Å². The van der Waals surface area contributed by atoms with E-state index in [4.69, 9.17) is 19.4 Å². The summed E-state index contributed by atoms with van der Waals surface area (Å²) in [5, 5.41) is 6.05. The van der Waals surface area contributed by atoms with E-state index < -0.39 is 0 Å². The number of benzene rings is 6. The van der Waals surface area contributed by atoms with Crippen LogP contribution in [0.4, 0.5) is 0 Å². The first kappa shape index (κ1) is 30.6. The number of aromatic nitrogens is 4. The van der Waals surface area contributed by atoms with Gasteiger partial charge in [0, 0.05) is 65.0 Å². The zero-order valence-corrected chi connectivity index (χ0v) is 30.3. The van der Waals surface area contributed by atoms with Crippen LogP contribution in [0.2, 0.25) is 0 Å². The average molecular weight is 723 g/mol. The zero-order chi connectivity index (χ0) is 36.0. The Morgan fingerprint density at radius 3 is 2.05 bits per heavy atom. The molecule has 0 fully saturated rings. The lowest BCUT2D eigenvalue weighted by Gasteiger charge is -2.10. The first-order valence-corrected chi connectivity index (χ1v) is 19.4. The maximum Gasteiger partial charge on any atom is 0.164 e. The van der Waals surface area contributed by atoms with Crippen molar-refractivity contribution in [2.45, 2.75) is 12.8 Å². The van der Waals surface area contributed by atoms with Crippen LogP contribution in [0.5, 0.6) is 0 Å². The summed E-state index contributed by atoms with van der Waals surface area (Å²) >= 11 is 1.86. The van der Waals surface area contributed by atoms with E-state index in [1.54, 1.807) is 0 Å². The Balaban J connectivity index is 1.03. The Morgan fingerprint density at radius 1 is 0.564 bits per heavy atom. The molecule has 0 aliphatic heterocycles. The lowest BCUT2D eigenvalue weighted by atomic mass is 10.00. The molecule has 4 heterocycles. The van der Waals surface area contributed by atoms with Gasteiger partial charge in [-0.05, 0) is 65.6 Å². The average Bonchev–Trinajstić information content (AvgIpc) is 4.08.